The second kappa shape index (κ2) is 6.75. The maximum absolute atomic E-state index is 11.6. The lowest BCUT2D eigenvalue weighted by atomic mass is 10.2. The van der Waals surface area contributed by atoms with Crippen LogP contribution in [0.2, 0.25) is 0 Å². The van der Waals surface area contributed by atoms with E-state index in [1.165, 1.54) is 0 Å². The molecule has 0 heterocycles. The third-order valence-corrected chi connectivity index (χ3v) is 2.16. The Bertz CT molecular complexity index is 380. The molecule has 0 bridgehead atoms. The summed E-state index contributed by atoms with van der Waals surface area (Å²) in [4.78, 5) is 11.6. The molecule has 5 heteroatoms. The molecule has 5 nitrogen and oxygen atoms in total. The standard InChI is InChI=1S/C12H18N2O3/c1-3-14-12(15)9-4-5-10(13)11(8-9)17-7-6-16-2/h4-5,8H,3,6-7,13H2,1-2H3,(H,14,15). The van der Waals surface area contributed by atoms with Gasteiger partial charge in [0.15, 0.2) is 0 Å². The number of nitrogens with two attached hydrogens (primary N) is 1. The maximum Gasteiger partial charge on any atom is 0.251 e. The van der Waals surface area contributed by atoms with Gasteiger partial charge in [-0.3, -0.25) is 4.79 Å². The number of hydrogen-bond acceptors (Lipinski definition) is 4. The van der Waals surface area contributed by atoms with Crippen molar-refractivity contribution in [2.24, 2.45) is 0 Å². The Morgan fingerprint density at radius 1 is 1.41 bits per heavy atom. The first-order valence-corrected chi connectivity index (χ1v) is 5.48. The van der Waals surface area contributed by atoms with Crippen molar-refractivity contribution in [1.29, 1.82) is 0 Å². The van der Waals surface area contributed by atoms with Crippen LogP contribution in [0.15, 0.2) is 18.2 Å². The van der Waals surface area contributed by atoms with Gasteiger partial charge in [-0.25, -0.2) is 0 Å². The van der Waals surface area contributed by atoms with Crippen molar-refractivity contribution in [3.8, 4) is 5.75 Å². The van der Waals surface area contributed by atoms with Crippen LogP contribution in [0.25, 0.3) is 0 Å². The van der Waals surface area contributed by atoms with Gasteiger partial charge in [-0.2, -0.15) is 0 Å². The number of hydrogen-bond donors (Lipinski definition) is 2. The van der Waals surface area contributed by atoms with Crippen molar-refractivity contribution in [2.75, 3.05) is 32.6 Å². The molecule has 1 rings (SSSR count). The molecular formula is C12H18N2O3. The topological polar surface area (TPSA) is 73.6 Å². The third-order valence-electron chi connectivity index (χ3n) is 2.16. The molecule has 0 aliphatic heterocycles. The normalized spacial score (nSPS) is 10.0. The Labute approximate surface area is 101 Å². The van der Waals surface area contributed by atoms with Gasteiger partial charge in [0, 0.05) is 19.2 Å². The maximum atomic E-state index is 11.6. The van der Waals surface area contributed by atoms with Crippen LogP contribution in [0.5, 0.6) is 5.75 Å². The predicted molar refractivity (Wildman–Crippen MR) is 66.2 cm³/mol. The van der Waals surface area contributed by atoms with Gasteiger partial charge < -0.3 is 20.5 Å². The largest absolute Gasteiger partial charge is 0.489 e. The van der Waals surface area contributed by atoms with Gasteiger partial charge in [-0.05, 0) is 25.1 Å². The number of anilines is 1. The smallest absolute Gasteiger partial charge is 0.251 e. The molecule has 3 N–H and O–H groups in total. The number of ether oxygens (including phenoxy) is 2. The van der Waals surface area contributed by atoms with E-state index in [1.54, 1.807) is 25.3 Å². The van der Waals surface area contributed by atoms with Crippen LogP contribution in [0, 0.1) is 0 Å². The lowest BCUT2D eigenvalue weighted by molar-refractivity contribution is 0.0955. The fourth-order valence-electron chi connectivity index (χ4n) is 1.30. The zero-order valence-corrected chi connectivity index (χ0v) is 10.2. The van der Waals surface area contributed by atoms with E-state index < -0.39 is 0 Å². The van der Waals surface area contributed by atoms with Crippen LogP contribution in [-0.4, -0.2) is 32.8 Å². The molecule has 0 radical (unpaired) electrons. The first kappa shape index (κ1) is 13.3. The Morgan fingerprint density at radius 3 is 2.82 bits per heavy atom. The van der Waals surface area contributed by atoms with E-state index in [1.807, 2.05) is 6.92 Å². The highest BCUT2D eigenvalue weighted by molar-refractivity contribution is 5.95. The number of nitrogens with one attached hydrogen (secondary N) is 1. The Kier molecular flexibility index (Phi) is 5.29. The van der Waals surface area contributed by atoms with Crippen LogP contribution in [0.1, 0.15) is 17.3 Å². The number of benzene rings is 1. The highest BCUT2D eigenvalue weighted by Gasteiger charge is 2.08. The summed E-state index contributed by atoms with van der Waals surface area (Å²) in [5, 5.41) is 2.72. The van der Waals surface area contributed by atoms with E-state index in [-0.39, 0.29) is 5.91 Å². The molecule has 1 aromatic rings. The number of carbonyl (C=O) groups excluding carboxylic acids is 1. The van der Waals surface area contributed by atoms with Gasteiger partial charge in [0.05, 0.1) is 12.3 Å². The van der Waals surface area contributed by atoms with Gasteiger partial charge in [-0.1, -0.05) is 0 Å². The zero-order valence-electron chi connectivity index (χ0n) is 10.2. The molecule has 94 valence electrons. The summed E-state index contributed by atoms with van der Waals surface area (Å²) in [6, 6.07) is 4.96. The molecule has 0 atom stereocenters. The molecule has 0 saturated heterocycles. The second-order valence-electron chi connectivity index (χ2n) is 3.45. The van der Waals surface area contributed by atoms with Crippen LogP contribution in [-0.2, 0) is 4.74 Å². The minimum Gasteiger partial charge on any atom is -0.489 e. The summed E-state index contributed by atoms with van der Waals surface area (Å²) >= 11 is 0. The fourth-order valence-corrected chi connectivity index (χ4v) is 1.30. The lowest BCUT2D eigenvalue weighted by Gasteiger charge is -2.10. The highest BCUT2D eigenvalue weighted by Crippen LogP contribution is 2.22. The minimum atomic E-state index is -0.135. The Hall–Kier alpha value is -1.75. The average molecular weight is 238 g/mol. The molecule has 0 unspecified atom stereocenters. The number of methoxy groups -OCH3 is 1. The summed E-state index contributed by atoms with van der Waals surface area (Å²) in [5.74, 6) is 0.370. The van der Waals surface area contributed by atoms with Crippen LogP contribution >= 0.6 is 0 Å². The first-order valence-electron chi connectivity index (χ1n) is 5.48. The molecule has 0 spiro atoms. The average Bonchev–Trinajstić information content (AvgIpc) is 2.32. The second-order valence-corrected chi connectivity index (χ2v) is 3.45. The highest BCUT2D eigenvalue weighted by atomic mass is 16.5. The summed E-state index contributed by atoms with van der Waals surface area (Å²) in [7, 11) is 1.60. The lowest BCUT2D eigenvalue weighted by Crippen LogP contribution is -2.22. The monoisotopic (exact) mass is 238 g/mol. The summed E-state index contributed by atoms with van der Waals surface area (Å²) in [5.41, 5.74) is 6.79. The minimum absolute atomic E-state index is 0.135. The number of carbonyl (C=O) groups is 1. The number of nitrogen functional groups attached to an aromatic ring is 1. The van der Waals surface area contributed by atoms with Crippen molar-refractivity contribution in [1.82, 2.24) is 5.32 Å². The summed E-state index contributed by atoms with van der Waals surface area (Å²) < 4.78 is 10.3. The van der Waals surface area contributed by atoms with Crippen molar-refractivity contribution in [3.05, 3.63) is 23.8 Å². The van der Waals surface area contributed by atoms with Gasteiger partial charge in [-0.15, -0.1) is 0 Å². The third kappa shape index (κ3) is 3.96. The Balaban J connectivity index is 2.75. The molecule has 0 aliphatic carbocycles. The fraction of sp³-hybridized carbons (Fsp3) is 0.417. The van der Waals surface area contributed by atoms with E-state index in [4.69, 9.17) is 15.2 Å². The first-order chi connectivity index (χ1) is 8.19. The molecule has 0 aromatic heterocycles. The SMILES string of the molecule is CCNC(=O)c1ccc(N)c(OCCOC)c1. The molecule has 0 saturated carbocycles. The molecular weight excluding hydrogens is 220 g/mol. The molecule has 1 amide bonds. The van der Waals surface area contributed by atoms with E-state index in [9.17, 15) is 4.79 Å². The molecule has 17 heavy (non-hydrogen) atoms. The molecule has 0 fully saturated rings. The van der Waals surface area contributed by atoms with Crippen LogP contribution < -0.4 is 15.8 Å². The Morgan fingerprint density at radius 2 is 2.18 bits per heavy atom. The van der Waals surface area contributed by atoms with E-state index in [0.29, 0.717) is 36.8 Å². The number of amides is 1. The van der Waals surface area contributed by atoms with E-state index in [2.05, 4.69) is 5.32 Å². The van der Waals surface area contributed by atoms with Crippen molar-refractivity contribution in [2.45, 2.75) is 6.92 Å². The zero-order chi connectivity index (χ0) is 12.7. The van der Waals surface area contributed by atoms with Crippen LogP contribution in [0.4, 0.5) is 5.69 Å². The van der Waals surface area contributed by atoms with Gasteiger partial charge in [0.25, 0.3) is 5.91 Å². The predicted octanol–water partition coefficient (Wildman–Crippen LogP) is 1.04. The van der Waals surface area contributed by atoms with Crippen molar-refractivity contribution >= 4 is 11.6 Å². The van der Waals surface area contributed by atoms with Gasteiger partial charge >= 0.3 is 0 Å². The van der Waals surface area contributed by atoms with Crippen molar-refractivity contribution in [3.63, 3.8) is 0 Å². The number of rotatable bonds is 6. The molecule has 1 aromatic carbocycles. The van der Waals surface area contributed by atoms with Gasteiger partial charge in [0.2, 0.25) is 0 Å². The van der Waals surface area contributed by atoms with Crippen molar-refractivity contribution < 1.29 is 14.3 Å². The summed E-state index contributed by atoms with van der Waals surface area (Å²) in [6.45, 7) is 3.33. The quantitative estimate of drug-likeness (QED) is 0.573. The summed E-state index contributed by atoms with van der Waals surface area (Å²) in [6.07, 6.45) is 0. The van der Waals surface area contributed by atoms with E-state index in [0.717, 1.165) is 0 Å². The van der Waals surface area contributed by atoms with E-state index >= 15 is 0 Å². The molecule has 0 aliphatic rings. The van der Waals surface area contributed by atoms with Gasteiger partial charge in [0.1, 0.15) is 12.4 Å². The van der Waals surface area contributed by atoms with Crippen LogP contribution in [0.3, 0.4) is 0 Å².